The standard InChI is InChI=1S/C24H28N2O5S/c1-18-12-15-25(16-13-18)32(29,30)21-10-8-20(9-11-21)24(28)31-17-23(27)26-14-4-6-19-5-2-3-7-22(19)26/h2-3,5,7-11,18H,4,6,12-17H2,1H3. The number of hydrogen-bond donors (Lipinski definition) is 0. The lowest BCUT2D eigenvalue weighted by Crippen LogP contribution is -2.38. The third kappa shape index (κ3) is 4.71. The Morgan fingerprint density at radius 1 is 1.00 bits per heavy atom. The number of hydrogen-bond acceptors (Lipinski definition) is 5. The van der Waals surface area contributed by atoms with Gasteiger partial charge in [-0.05, 0) is 67.5 Å². The number of carbonyl (C=O) groups is 2. The van der Waals surface area contributed by atoms with Gasteiger partial charge in [-0.1, -0.05) is 25.1 Å². The average Bonchev–Trinajstić information content (AvgIpc) is 2.82. The van der Waals surface area contributed by atoms with Gasteiger partial charge in [0.2, 0.25) is 10.0 Å². The van der Waals surface area contributed by atoms with Crippen LogP contribution in [0.15, 0.2) is 53.4 Å². The second kappa shape index (κ2) is 9.42. The fraction of sp³-hybridized carbons (Fsp3) is 0.417. The summed E-state index contributed by atoms with van der Waals surface area (Å²) in [5.74, 6) is -0.400. The molecule has 0 atom stereocenters. The van der Waals surface area contributed by atoms with Gasteiger partial charge in [0.15, 0.2) is 6.61 Å². The largest absolute Gasteiger partial charge is 0.452 e. The number of nitrogens with zero attached hydrogens (tertiary/aromatic N) is 2. The van der Waals surface area contributed by atoms with Crippen molar-refractivity contribution < 1.29 is 22.7 Å². The number of esters is 1. The molecule has 2 aromatic carbocycles. The number of amides is 1. The van der Waals surface area contributed by atoms with Crippen LogP contribution in [-0.2, 0) is 26.0 Å². The van der Waals surface area contributed by atoms with Crippen LogP contribution >= 0.6 is 0 Å². The summed E-state index contributed by atoms with van der Waals surface area (Å²) in [5, 5.41) is 0. The zero-order chi connectivity index (χ0) is 22.7. The van der Waals surface area contributed by atoms with Gasteiger partial charge < -0.3 is 9.64 Å². The molecule has 7 nitrogen and oxygen atoms in total. The van der Waals surface area contributed by atoms with Gasteiger partial charge in [0, 0.05) is 25.3 Å². The van der Waals surface area contributed by atoms with E-state index in [9.17, 15) is 18.0 Å². The molecule has 2 heterocycles. The third-order valence-corrected chi connectivity index (χ3v) is 8.12. The molecule has 0 unspecified atom stereocenters. The number of ether oxygens (including phenoxy) is 1. The average molecular weight is 457 g/mol. The van der Waals surface area contributed by atoms with Crippen LogP contribution in [0.5, 0.6) is 0 Å². The number of para-hydroxylation sites is 1. The van der Waals surface area contributed by atoms with Crippen molar-refractivity contribution >= 4 is 27.6 Å². The molecule has 32 heavy (non-hydrogen) atoms. The van der Waals surface area contributed by atoms with Crippen LogP contribution < -0.4 is 4.90 Å². The Bertz CT molecular complexity index is 1090. The minimum absolute atomic E-state index is 0.157. The number of carbonyl (C=O) groups excluding carboxylic acids is 2. The molecule has 0 aliphatic carbocycles. The van der Waals surface area contributed by atoms with E-state index in [-0.39, 0.29) is 23.0 Å². The third-order valence-electron chi connectivity index (χ3n) is 6.21. The normalized spacial score (nSPS) is 17.6. The van der Waals surface area contributed by atoms with E-state index < -0.39 is 16.0 Å². The Kier molecular flexibility index (Phi) is 6.62. The minimum atomic E-state index is -3.58. The second-order valence-corrected chi connectivity index (χ2v) is 10.4. The number of fused-ring (bicyclic) bond motifs is 1. The van der Waals surface area contributed by atoms with E-state index in [1.54, 1.807) is 4.90 Å². The molecular formula is C24H28N2O5S. The Morgan fingerprint density at radius 2 is 1.69 bits per heavy atom. The van der Waals surface area contributed by atoms with E-state index >= 15 is 0 Å². The molecule has 0 saturated carbocycles. The van der Waals surface area contributed by atoms with Crippen LogP contribution in [0, 0.1) is 5.92 Å². The fourth-order valence-corrected chi connectivity index (χ4v) is 5.69. The molecule has 2 aliphatic rings. The maximum Gasteiger partial charge on any atom is 0.338 e. The molecule has 0 aromatic heterocycles. The van der Waals surface area contributed by atoms with Crippen molar-refractivity contribution in [2.45, 2.75) is 37.5 Å². The maximum absolute atomic E-state index is 12.8. The van der Waals surface area contributed by atoms with E-state index in [0.717, 1.165) is 36.9 Å². The van der Waals surface area contributed by atoms with Crippen LogP contribution in [0.3, 0.4) is 0 Å². The van der Waals surface area contributed by atoms with Gasteiger partial charge in [0.25, 0.3) is 5.91 Å². The first-order chi connectivity index (χ1) is 15.4. The zero-order valence-electron chi connectivity index (χ0n) is 18.2. The predicted molar refractivity (Wildman–Crippen MR) is 121 cm³/mol. The molecule has 1 saturated heterocycles. The summed E-state index contributed by atoms with van der Waals surface area (Å²) in [5.41, 5.74) is 2.18. The SMILES string of the molecule is CC1CCN(S(=O)(=O)c2ccc(C(=O)OCC(=O)N3CCCc4ccccc43)cc2)CC1. The van der Waals surface area contributed by atoms with E-state index in [4.69, 9.17) is 4.74 Å². The van der Waals surface area contributed by atoms with Crippen LogP contribution in [-0.4, -0.2) is 50.8 Å². The van der Waals surface area contributed by atoms with Crippen molar-refractivity contribution in [2.75, 3.05) is 31.1 Å². The van der Waals surface area contributed by atoms with Crippen molar-refractivity contribution in [3.8, 4) is 0 Å². The van der Waals surface area contributed by atoms with Gasteiger partial charge in [0.05, 0.1) is 10.5 Å². The van der Waals surface area contributed by atoms with Crippen molar-refractivity contribution in [3.63, 3.8) is 0 Å². The monoisotopic (exact) mass is 456 g/mol. The van der Waals surface area contributed by atoms with E-state index in [0.29, 0.717) is 25.6 Å². The number of sulfonamides is 1. The Balaban J connectivity index is 1.37. The molecule has 8 heteroatoms. The smallest absolute Gasteiger partial charge is 0.338 e. The summed E-state index contributed by atoms with van der Waals surface area (Å²) in [7, 11) is -3.58. The molecule has 2 aromatic rings. The minimum Gasteiger partial charge on any atom is -0.452 e. The molecule has 0 spiro atoms. The van der Waals surface area contributed by atoms with Gasteiger partial charge >= 0.3 is 5.97 Å². The van der Waals surface area contributed by atoms with E-state index in [1.165, 1.54) is 28.6 Å². The lowest BCUT2D eigenvalue weighted by Gasteiger charge is -2.29. The summed E-state index contributed by atoms with van der Waals surface area (Å²) in [6.07, 6.45) is 3.48. The van der Waals surface area contributed by atoms with Crippen LogP contribution in [0.25, 0.3) is 0 Å². The summed E-state index contributed by atoms with van der Waals surface area (Å²) in [4.78, 5) is 26.9. The number of piperidine rings is 1. The Labute approximate surface area is 189 Å². The van der Waals surface area contributed by atoms with Gasteiger partial charge in [-0.15, -0.1) is 0 Å². The zero-order valence-corrected chi connectivity index (χ0v) is 19.0. The highest BCUT2D eigenvalue weighted by molar-refractivity contribution is 7.89. The molecule has 1 amide bonds. The number of anilines is 1. The van der Waals surface area contributed by atoms with Gasteiger partial charge in [-0.2, -0.15) is 4.31 Å². The van der Waals surface area contributed by atoms with Crippen molar-refractivity contribution in [1.29, 1.82) is 0 Å². The first kappa shape index (κ1) is 22.5. The Hall–Kier alpha value is -2.71. The molecule has 170 valence electrons. The summed E-state index contributed by atoms with van der Waals surface area (Å²) >= 11 is 0. The van der Waals surface area contributed by atoms with Crippen molar-refractivity contribution in [1.82, 2.24) is 4.31 Å². The van der Waals surface area contributed by atoms with Gasteiger partial charge in [-0.25, -0.2) is 13.2 Å². The molecule has 2 aliphatic heterocycles. The summed E-state index contributed by atoms with van der Waals surface area (Å²) < 4.78 is 32.4. The first-order valence-electron chi connectivity index (χ1n) is 11.0. The molecule has 0 bridgehead atoms. The maximum atomic E-state index is 12.8. The lowest BCUT2D eigenvalue weighted by molar-refractivity contribution is -0.121. The first-order valence-corrected chi connectivity index (χ1v) is 12.5. The highest BCUT2D eigenvalue weighted by Crippen LogP contribution is 2.27. The fourth-order valence-electron chi connectivity index (χ4n) is 4.22. The van der Waals surface area contributed by atoms with Crippen LogP contribution in [0.1, 0.15) is 42.1 Å². The number of aryl methyl sites for hydroxylation is 1. The highest BCUT2D eigenvalue weighted by Gasteiger charge is 2.28. The lowest BCUT2D eigenvalue weighted by atomic mass is 10.0. The van der Waals surface area contributed by atoms with Crippen LogP contribution in [0.2, 0.25) is 0 Å². The number of rotatable bonds is 5. The molecule has 1 fully saturated rings. The van der Waals surface area contributed by atoms with E-state index in [2.05, 4.69) is 6.92 Å². The predicted octanol–water partition coefficient (Wildman–Crippen LogP) is 3.24. The highest BCUT2D eigenvalue weighted by atomic mass is 32.2. The summed E-state index contributed by atoms with van der Waals surface area (Å²) in [6.45, 7) is 3.37. The molecular weight excluding hydrogens is 428 g/mol. The molecule has 4 rings (SSSR count). The van der Waals surface area contributed by atoms with Crippen molar-refractivity contribution in [2.24, 2.45) is 5.92 Å². The van der Waals surface area contributed by atoms with E-state index in [1.807, 2.05) is 24.3 Å². The van der Waals surface area contributed by atoms with Gasteiger partial charge in [0.1, 0.15) is 0 Å². The Morgan fingerprint density at radius 3 is 2.41 bits per heavy atom. The topological polar surface area (TPSA) is 84.0 Å². The summed E-state index contributed by atoms with van der Waals surface area (Å²) in [6, 6.07) is 13.4. The number of benzene rings is 2. The second-order valence-electron chi connectivity index (χ2n) is 8.46. The van der Waals surface area contributed by atoms with Crippen LogP contribution in [0.4, 0.5) is 5.69 Å². The molecule has 0 radical (unpaired) electrons. The molecule has 0 N–H and O–H groups in total. The van der Waals surface area contributed by atoms with Crippen molar-refractivity contribution in [3.05, 3.63) is 59.7 Å². The van der Waals surface area contributed by atoms with Gasteiger partial charge in [-0.3, -0.25) is 4.79 Å². The quantitative estimate of drug-likeness (QED) is 0.645.